The first-order chi connectivity index (χ1) is 5.42. The molecule has 4 nitrogen and oxygen atoms in total. The minimum Gasteiger partial charge on any atom is -0.216 e. The lowest BCUT2D eigenvalue weighted by Gasteiger charge is -2.04. The maximum absolute atomic E-state index is 10.4. The van der Waals surface area contributed by atoms with Crippen molar-refractivity contribution in [3.63, 3.8) is 0 Å². The van der Waals surface area contributed by atoms with E-state index in [2.05, 4.69) is 18.6 Å². The van der Waals surface area contributed by atoms with Crippen LogP contribution in [0, 0.1) is 5.92 Å². The molecular weight excluding hydrogens is 176 g/mol. The number of nitrogens with one attached hydrogen (secondary N) is 1. The molecule has 0 heterocycles. The van der Waals surface area contributed by atoms with E-state index in [1.54, 1.807) is 0 Å². The van der Waals surface area contributed by atoms with Crippen LogP contribution < -0.4 is 9.86 Å². The summed E-state index contributed by atoms with van der Waals surface area (Å²) in [5.41, 5.74) is 0. The standard InChI is InChI=1S/C7H18N2O2S/c1-7(2)5-3-4-6-9-12(8,10)11/h7,9H,3-6H2,1-2H3,(H2,8,10,11). The second kappa shape index (κ2) is 5.50. The number of unbranched alkanes of at least 4 members (excludes halogenated alkanes) is 1. The van der Waals surface area contributed by atoms with Crippen molar-refractivity contribution >= 4 is 10.2 Å². The smallest absolute Gasteiger partial charge is 0.216 e. The molecule has 0 fully saturated rings. The van der Waals surface area contributed by atoms with Gasteiger partial charge in [-0.15, -0.1) is 0 Å². The highest BCUT2D eigenvalue weighted by atomic mass is 32.2. The van der Waals surface area contributed by atoms with Gasteiger partial charge in [-0.1, -0.05) is 26.7 Å². The fourth-order valence-corrected chi connectivity index (χ4v) is 1.32. The fraction of sp³-hybridized carbons (Fsp3) is 1.00. The van der Waals surface area contributed by atoms with E-state index in [1.165, 1.54) is 0 Å². The van der Waals surface area contributed by atoms with Crippen LogP contribution in [0.4, 0.5) is 0 Å². The number of hydrogen-bond donors (Lipinski definition) is 2. The fourth-order valence-electron chi connectivity index (χ4n) is 0.892. The maximum atomic E-state index is 10.4. The predicted molar refractivity (Wildman–Crippen MR) is 49.8 cm³/mol. The third kappa shape index (κ3) is 9.87. The summed E-state index contributed by atoms with van der Waals surface area (Å²) < 4.78 is 23.0. The van der Waals surface area contributed by atoms with E-state index in [9.17, 15) is 8.42 Å². The Bertz CT molecular complexity index is 199. The Morgan fingerprint density at radius 2 is 1.92 bits per heavy atom. The van der Waals surface area contributed by atoms with Crippen LogP contribution in [0.25, 0.3) is 0 Å². The Balaban J connectivity index is 3.23. The minimum atomic E-state index is -3.47. The van der Waals surface area contributed by atoms with Crippen LogP contribution in [-0.2, 0) is 10.2 Å². The molecule has 74 valence electrons. The van der Waals surface area contributed by atoms with Crippen LogP contribution in [-0.4, -0.2) is 15.0 Å². The van der Waals surface area contributed by atoms with Crippen LogP contribution in [0.15, 0.2) is 0 Å². The van der Waals surface area contributed by atoms with Crippen molar-refractivity contribution in [1.29, 1.82) is 0 Å². The van der Waals surface area contributed by atoms with Gasteiger partial charge in [-0.3, -0.25) is 0 Å². The summed E-state index contributed by atoms with van der Waals surface area (Å²) in [6, 6.07) is 0. The van der Waals surface area contributed by atoms with Crippen molar-refractivity contribution in [3.05, 3.63) is 0 Å². The summed E-state index contributed by atoms with van der Waals surface area (Å²) >= 11 is 0. The molecule has 0 aliphatic rings. The topological polar surface area (TPSA) is 72.2 Å². The average Bonchev–Trinajstić information content (AvgIpc) is 1.83. The summed E-state index contributed by atoms with van der Waals surface area (Å²) in [6.07, 6.45) is 3.03. The summed E-state index contributed by atoms with van der Waals surface area (Å²) in [7, 11) is -3.47. The monoisotopic (exact) mass is 194 g/mol. The van der Waals surface area contributed by atoms with Gasteiger partial charge in [0.15, 0.2) is 0 Å². The van der Waals surface area contributed by atoms with Gasteiger partial charge in [-0.25, -0.2) is 9.86 Å². The quantitative estimate of drug-likeness (QED) is 0.608. The molecule has 0 unspecified atom stereocenters. The van der Waals surface area contributed by atoms with E-state index in [4.69, 9.17) is 5.14 Å². The van der Waals surface area contributed by atoms with E-state index in [1.807, 2.05) is 0 Å². The van der Waals surface area contributed by atoms with Gasteiger partial charge in [-0.05, 0) is 12.3 Å². The number of nitrogens with two attached hydrogens (primary N) is 1. The molecule has 12 heavy (non-hydrogen) atoms. The molecule has 0 aromatic heterocycles. The van der Waals surface area contributed by atoms with Gasteiger partial charge in [0, 0.05) is 6.54 Å². The Kier molecular flexibility index (Phi) is 5.44. The van der Waals surface area contributed by atoms with Crippen molar-refractivity contribution in [2.24, 2.45) is 11.1 Å². The highest BCUT2D eigenvalue weighted by Crippen LogP contribution is 2.04. The zero-order chi connectivity index (χ0) is 9.61. The lowest BCUT2D eigenvalue weighted by atomic mass is 10.1. The molecule has 0 rings (SSSR count). The van der Waals surface area contributed by atoms with Crippen LogP contribution >= 0.6 is 0 Å². The predicted octanol–water partition coefficient (Wildman–Crippen LogP) is 0.606. The summed E-state index contributed by atoms with van der Waals surface area (Å²) in [5, 5.41) is 4.74. The Labute approximate surface area is 74.7 Å². The highest BCUT2D eigenvalue weighted by molar-refractivity contribution is 7.87. The van der Waals surface area contributed by atoms with Crippen LogP contribution in [0.3, 0.4) is 0 Å². The minimum absolute atomic E-state index is 0.450. The molecular formula is C7H18N2O2S. The van der Waals surface area contributed by atoms with Gasteiger partial charge >= 0.3 is 0 Å². The third-order valence-electron chi connectivity index (χ3n) is 1.51. The number of hydrogen-bond acceptors (Lipinski definition) is 2. The summed E-state index contributed by atoms with van der Waals surface area (Å²) in [5.74, 6) is 0.680. The van der Waals surface area contributed by atoms with E-state index < -0.39 is 10.2 Å². The number of rotatable bonds is 6. The molecule has 0 radical (unpaired) electrons. The molecule has 0 spiro atoms. The van der Waals surface area contributed by atoms with Crippen molar-refractivity contribution in [2.75, 3.05) is 6.54 Å². The molecule has 0 atom stereocenters. The van der Waals surface area contributed by atoms with Gasteiger partial charge in [0.1, 0.15) is 0 Å². The molecule has 0 aromatic carbocycles. The summed E-state index contributed by atoms with van der Waals surface area (Å²) in [4.78, 5) is 0. The van der Waals surface area contributed by atoms with Crippen molar-refractivity contribution < 1.29 is 8.42 Å². The first-order valence-electron chi connectivity index (χ1n) is 4.19. The Morgan fingerprint density at radius 3 is 2.33 bits per heavy atom. The van der Waals surface area contributed by atoms with Gasteiger partial charge < -0.3 is 0 Å². The molecule has 0 aliphatic carbocycles. The molecule has 3 N–H and O–H groups in total. The molecule has 0 saturated carbocycles. The lowest BCUT2D eigenvalue weighted by molar-refractivity contribution is 0.531. The van der Waals surface area contributed by atoms with Gasteiger partial charge in [0.25, 0.3) is 10.2 Å². The van der Waals surface area contributed by atoms with Crippen molar-refractivity contribution in [3.8, 4) is 0 Å². The zero-order valence-electron chi connectivity index (χ0n) is 7.71. The van der Waals surface area contributed by atoms with Crippen LogP contribution in [0.1, 0.15) is 33.1 Å². The lowest BCUT2D eigenvalue weighted by Crippen LogP contribution is -2.31. The SMILES string of the molecule is CC(C)CCCCNS(N)(=O)=O. The largest absolute Gasteiger partial charge is 0.274 e. The molecule has 5 heteroatoms. The second-order valence-corrected chi connectivity index (χ2v) is 4.71. The average molecular weight is 194 g/mol. The van der Waals surface area contributed by atoms with E-state index >= 15 is 0 Å². The first kappa shape index (κ1) is 11.9. The summed E-state index contributed by atoms with van der Waals surface area (Å²) in [6.45, 7) is 4.74. The van der Waals surface area contributed by atoms with E-state index in [0.29, 0.717) is 12.5 Å². The molecule has 0 aromatic rings. The van der Waals surface area contributed by atoms with Gasteiger partial charge in [-0.2, -0.15) is 8.42 Å². The van der Waals surface area contributed by atoms with Crippen molar-refractivity contribution in [2.45, 2.75) is 33.1 Å². The van der Waals surface area contributed by atoms with Crippen LogP contribution in [0.2, 0.25) is 0 Å². The first-order valence-corrected chi connectivity index (χ1v) is 5.74. The van der Waals surface area contributed by atoms with Crippen molar-refractivity contribution in [1.82, 2.24) is 4.72 Å². The molecule has 0 bridgehead atoms. The van der Waals surface area contributed by atoms with E-state index in [-0.39, 0.29) is 0 Å². The van der Waals surface area contributed by atoms with Gasteiger partial charge in [0.2, 0.25) is 0 Å². The maximum Gasteiger partial charge on any atom is 0.274 e. The van der Waals surface area contributed by atoms with Crippen LogP contribution in [0.5, 0.6) is 0 Å². The molecule has 0 saturated heterocycles. The zero-order valence-corrected chi connectivity index (χ0v) is 8.52. The van der Waals surface area contributed by atoms with E-state index in [0.717, 1.165) is 19.3 Å². The Hall–Kier alpha value is -0.130. The highest BCUT2D eigenvalue weighted by Gasteiger charge is 1.99. The Morgan fingerprint density at radius 1 is 1.33 bits per heavy atom. The van der Waals surface area contributed by atoms with Gasteiger partial charge in [0.05, 0.1) is 0 Å². The third-order valence-corrected chi connectivity index (χ3v) is 2.12. The second-order valence-electron chi connectivity index (χ2n) is 3.33. The molecule has 0 aliphatic heterocycles. The molecule has 0 amide bonds. The normalized spacial score (nSPS) is 12.3.